The summed E-state index contributed by atoms with van der Waals surface area (Å²) in [5, 5.41) is 0.784. The number of rotatable bonds is 4. The smallest absolute Gasteiger partial charge is 0.342 e. The van der Waals surface area contributed by atoms with Crippen molar-refractivity contribution in [1.82, 2.24) is 9.97 Å². The number of carbonyl (C=O) groups excluding carboxylic acids is 1. The van der Waals surface area contributed by atoms with Crippen molar-refractivity contribution >= 4 is 33.3 Å². The van der Waals surface area contributed by atoms with E-state index < -0.39 is 0 Å². The van der Waals surface area contributed by atoms with Crippen LogP contribution in [0.4, 0.5) is 5.82 Å². The van der Waals surface area contributed by atoms with Crippen LogP contribution >= 0.6 is 11.3 Å². The molecule has 7 heteroatoms. The summed E-state index contributed by atoms with van der Waals surface area (Å²) in [6.07, 6.45) is 1.69. The molecule has 0 atom stereocenters. The van der Waals surface area contributed by atoms with Gasteiger partial charge in [0, 0.05) is 19.3 Å². The number of fused-ring (bicyclic) bond motifs is 1. The highest BCUT2D eigenvalue weighted by atomic mass is 32.1. The van der Waals surface area contributed by atoms with Crippen LogP contribution in [0.25, 0.3) is 10.2 Å². The fourth-order valence-electron chi connectivity index (χ4n) is 2.77. The Kier molecular flexibility index (Phi) is 4.58. The van der Waals surface area contributed by atoms with Crippen molar-refractivity contribution in [2.45, 2.75) is 6.61 Å². The Morgan fingerprint density at radius 3 is 2.88 bits per heavy atom. The summed E-state index contributed by atoms with van der Waals surface area (Å²) in [7, 11) is 0. The molecule has 2 aromatic heterocycles. The minimum atomic E-state index is -0.381. The molecule has 0 saturated carbocycles. The Labute approximate surface area is 149 Å². The lowest BCUT2D eigenvalue weighted by Crippen LogP contribution is -2.37. The first kappa shape index (κ1) is 16.0. The summed E-state index contributed by atoms with van der Waals surface area (Å²) in [5.41, 5.74) is 1.40. The highest BCUT2D eigenvalue weighted by Gasteiger charge is 2.21. The van der Waals surface area contributed by atoms with E-state index in [0.717, 1.165) is 28.3 Å². The molecule has 0 aliphatic carbocycles. The molecule has 1 aliphatic heterocycles. The summed E-state index contributed by atoms with van der Waals surface area (Å²) in [6, 6.07) is 11.4. The van der Waals surface area contributed by atoms with Crippen LogP contribution < -0.4 is 4.90 Å². The third-order valence-corrected chi connectivity index (χ3v) is 4.99. The first-order valence-corrected chi connectivity index (χ1v) is 8.92. The van der Waals surface area contributed by atoms with Gasteiger partial charge in [-0.15, -0.1) is 11.3 Å². The van der Waals surface area contributed by atoms with Crippen molar-refractivity contribution in [2.24, 2.45) is 0 Å². The van der Waals surface area contributed by atoms with Gasteiger partial charge in [-0.3, -0.25) is 0 Å². The van der Waals surface area contributed by atoms with E-state index in [2.05, 4.69) is 14.9 Å². The average molecular weight is 355 g/mol. The highest BCUT2D eigenvalue weighted by molar-refractivity contribution is 7.18. The second-order valence-corrected chi connectivity index (χ2v) is 6.74. The predicted molar refractivity (Wildman–Crippen MR) is 96.0 cm³/mol. The molecular formula is C18H17N3O3S. The molecule has 0 amide bonds. The summed E-state index contributed by atoms with van der Waals surface area (Å²) in [6.45, 7) is 2.87. The van der Waals surface area contributed by atoms with Crippen LogP contribution in [0, 0.1) is 0 Å². The lowest BCUT2D eigenvalue weighted by atomic mass is 10.2. The van der Waals surface area contributed by atoms with Crippen molar-refractivity contribution in [3.8, 4) is 0 Å². The maximum absolute atomic E-state index is 12.6. The third kappa shape index (κ3) is 3.47. The molecule has 1 saturated heterocycles. The van der Waals surface area contributed by atoms with E-state index in [-0.39, 0.29) is 12.6 Å². The Balaban J connectivity index is 1.49. The summed E-state index contributed by atoms with van der Waals surface area (Å²) >= 11 is 1.54. The Morgan fingerprint density at radius 1 is 1.20 bits per heavy atom. The molecule has 0 radical (unpaired) electrons. The van der Waals surface area contributed by atoms with Crippen molar-refractivity contribution < 1.29 is 14.3 Å². The van der Waals surface area contributed by atoms with Crippen molar-refractivity contribution in [1.29, 1.82) is 0 Å². The van der Waals surface area contributed by atoms with E-state index in [0.29, 0.717) is 24.6 Å². The third-order valence-electron chi connectivity index (χ3n) is 3.98. The highest BCUT2D eigenvalue weighted by Crippen LogP contribution is 2.23. The van der Waals surface area contributed by atoms with E-state index in [9.17, 15) is 4.79 Å². The standard InChI is InChI=1S/C18H17N3O3S/c22-18(24-12-16-20-14-5-1-2-6-15(14)25-16)13-4-3-7-19-17(13)21-8-10-23-11-9-21/h1-7H,8-12H2. The predicted octanol–water partition coefficient (Wildman–Crippen LogP) is 2.88. The molecule has 0 unspecified atom stereocenters. The molecular weight excluding hydrogens is 338 g/mol. The zero-order valence-electron chi connectivity index (χ0n) is 13.6. The maximum Gasteiger partial charge on any atom is 0.342 e. The number of esters is 1. The van der Waals surface area contributed by atoms with Crippen LogP contribution in [0.1, 0.15) is 15.4 Å². The molecule has 0 N–H and O–H groups in total. The van der Waals surface area contributed by atoms with Gasteiger partial charge in [-0.1, -0.05) is 12.1 Å². The number of hydrogen-bond donors (Lipinski definition) is 0. The van der Waals surface area contributed by atoms with Gasteiger partial charge in [0.05, 0.1) is 23.4 Å². The molecule has 3 heterocycles. The second-order valence-electron chi connectivity index (χ2n) is 5.63. The molecule has 3 aromatic rings. The number of ether oxygens (including phenoxy) is 2. The van der Waals surface area contributed by atoms with Crippen LogP contribution in [-0.2, 0) is 16.1 Å². The molecule has 128 valence electrons. The van der Waals surface area contributed by atoms with Crippen LogP contribution in [0.2, 0.25) is 0 Å². The number of morpholine rings is 1. The fourth-order valence-corrected chi connectivity index (χ4v) is 3.65. The number of thiazole rings is 1. The second kappa shape index (κ2) is 7.16. The van der Waals surface area contributed by atoms with Crippen molar-refractivity contribution in [3.63, 3.8) is 0 Å². The minimum Gasteiger partial charge on any atom is -0.455 e. The number of benzene rings is 1. The number of anilines is 1. The summed E-state index contributed by atoms with van der Waals surface area (Å²) < 4.78 is 11.9. The molecule has 0 spiro atoms. The lowest BCUT2D eigenvalue weighted by molar-refractivity contribution is 0.0472. The fraction of sp³-hybridized carbons (Fsp3) is 0.278. The van der Waals surface area contributed by atoms with E-state index in [1.54, 1.807) is 18.3 Å². The van der Waals surface area contributed by atoms with E-state index >= 15 is 0 Å². The van der Waals surface area contributed by atoms with Gasteiger partial charge in [-0.2, -0.15) is 0 Å². The quantitative estimate of drug-likeness (QED) is 0.671. The van der Waals surface area contributed by atoms with E-state index in [1.165, 1.54) is 11.3 Å². The largest absolute Gasteiger partial charge is 0.455 e. The van der Waals surface area contributed by atoms with E-state index in [1.807, 2.05) is 24.3 Å². The Bertz CT molecular complexity index is 857. The molecule has 1 fully saturated rings. The van der Waals surface area contributed by atoms with Gasteiger partial charge in [-0.05, 0) is 24.3 Å². The number of hydrogen-bond acceptors (Lipinski definition) is 7. The molecule has 25 heavy (non-hydrogen) atoms. The topological polar surface area (TPSA) is 64.5 Å². The number of aromatic nitrogens is 2. The molecule has 1 aliphatic rings. The van der Waals surface area contributed by atoms with Crippen LogP contribution in [0.3, 0.4) is 0 Å². The van der Waals surface area contributed by atoms with Crippen LogP contribution in [0.5, 0.6) is 0 Å². The van der Waals surface area contributed by atoms with Gasteiger partial charge in [0.15, 0.2) is 0 Å². The minimum absolute atomic E-state index is 0.162. The van der Waals surface area contributed by atoms with Gasteiger partial charge < -0.3 is 14.4 Å². The number of carbonyl (C=O) groups is 1. The number of para-hydroxylation sites is 1. The molecule has 4 rings (SSSR count). The average Bonchev–Trinajstić information content (AvgIpc) is 3.10. The number of pyridine rings is 1. The zero-order chi connectivity index (χ0) is 17.1. The van der Waals surface area contributed by atoms with Gasteiger partial charge in [0.2, 0.25) is 0 Å². The Hall–Kier alpha value is -2.51. The van der Waals surface area contributed by atoms with Gasteiger partial charge >= 0.3 is 5.97 Å². The zero-order valence-corrected chi connectivity index (χ0v) is 14.4. The normalized spacial score (nSPS) is 14.6. The van der Waals surface area contributed by atoms with Gasteiger partial charge in [-0.25, -0.2) is 14.8 Å². The number of nitrogens with zero attached hydrogens (tertiary/aromatic N) is 3. The molecule has 1 aromatic carbocycles. The SMILES string of the molecule is O=C(OCc1nc2ccccc2s1)c1cccnc1N1CCOCC1. The van der Waals surface area contributed by atoms with Crippen molar-refractivity contribution in [3.05, 3.63) is 53.2 Å². The monoisotopic (exact) mass is 355 g/mol. The molecule has 6 nitrogen and oxygen atoms in total. The molecule has 0 bridgehead atoms. The van der Waals surface area contributed by atoms with E-state index in [4.69, 9.17) is 9.47 Å². The first-order chi connectivity index (χ1) is 12.3. The first-order valence-electron chi connectivity index (χ1n) is 8.10. The van der Waals surface area contributed by atoms with Crippen LogP contribution in [0.15, 0.2) is 42.6 Å². The Morgan fingerprint density at radius 2 is 2.04 bits per heavy atom. The summed E-state index contributed by atoms with van der Waals surface area (Å²) in [5.74, 6) is 0.272. The van der Waals surface area contributed by atoms with Crippen molar-refractivity contribution in [2.75, 3.05) is 31.2 Å². The summed E-state index contributed by atoms with van der Waals surface area (Å²) in [4.78, 5) is 23.5. The van der Waals surface area contributed by atoms with Gasteiger partial charge in [0.1, 0.15) is 23.0 Å². The van der Waals surface area contributed by atoms with Crippen LogP contribution in [-0.4, -0.2) is 42.2 Å². The van der Waals surface area contributed by atoms with Gasteiger partial charge in [0.25, 0.3) is 0 Å². The lowest BCUT2D eigenvalue weighted by Gasteiger charge is -2.28. The maximum atomic E-state index is 12.6.